The van der Waals surface area contributed by atoms with Gasteiger partial charge in [-0.1, -0.05) is 6.08 Å². The van der Waals surface area contributed by atoms with Crippen molar-refractivity contribution < 1.29 is 4.39 Å². The quantitative estimate of drug-likeness (QED) is 0.797. The van der Waals surface area contributed by atoms with Gasteiger partial charge in [-0.3, -0.25) is 0 Å². The number of benzene rings is 1. The minimum Gasteiger partial charge on any atom is -0.355 e. The lowest BCUT2D eigenvalue weighted by atomic mass is 10.1. The molecule has 1 aromatic carbocycles. The Kier molecular flexibility index (Phi) is 2.48. The van der Waals surface area contributed by atoms with Crippen LogP contribution in [-0.2, 0) is 0 Å². The second-order valence-corrected chi connectivity index (χ2v) is 4.66. The normalized spacial score (nSPS) is 17.4. The Morgan fingerprint density at radius 3 is 2.94 bits per heavy atom. The number of H-pyrrole nitrogens is 1. The fourth-order valence-electron chi connectivity index (χ4n) is 2.29. The van der Waals surface area contributed by atoms with E-state index < -0.39 is 0 Å². The number of nitrogens with zero attached hydrogens (tertiary/aromatic N) is 1. The minimum atomic E-state index is -0.180. The number of nitrogens with one attached hydrogen (secondary N) is 1. The van der Waals surface area contributed by atoms with Crippen molar-refractivity contribution in [3.05, 3.63) is 41.9 Å². The van der Waals surface area contributed by atoms with Crippen molar-refractivity contribution in [1.82, 2.24) is 9.88 Å². The molecule has 17 heavy (non-hydrogen) atoms. The van der Waals surface area contributed by atoms with Crippen LogP contribution in [0.15, 0.2) is 30.3 Å². The molecule has 3 heteroatoms. The topological polar surface area (TPSA) is 19.0 Å². The van der Waals surface area contributed by atoms with E-state index in [1.807, 2.05) is 6.07 Å². The molecule has 1 aliphatic rings. The fraction of sp³-hybridized carbons (Fsp3) is 0.286. The minimum absolute atomic E-state index is 0.180. The third-order valence-electron chi connectivity index (χ3n) is 3.34. The summed E-state index contributed by atoms with van der Waals surface area (Å²) in [7, 11) is 2.12. The summed E-state index contributed by atoms with van der Waals surface area (Å²) in [6.07, 6.45) is 3.29. The van der Waals surface area contributed by atoms with Crippen LogP contribution in [0.1, 0.15) is 12.1 Å². The van der Waals surface area contributed by atoms with Gasteiger partial charge in [0.15, 0.2) is 0 Å². The molecule has 0 aliphatic carbocycles. The van der Waals surface area contributed by atoms with E-state index in [-0.39, 0.29) is 5.82 Å². The number of rotatable bonds is 1. The molecule has 2 aromatic rings. The molecule has 88 valence electrons. The van der Waals surface area contributed by atoms with Crippen LogP contribution in [0.25, 0.3) is 16.5 Å². The van der Waals surface area contributed by atoms with Gasteiger partial charge in [0.25, 0.3) is 0 Å². The zero-order valence-electron chi connectivity index (χ0n) is 9.83. The lowest BCUT2D eigenvalue weighted by Crippen LogP contribution is -2.23. The maximum atomic E-state index is 13.1. The van der Waals surface area contributed by atoms with Gasteiger partial charge < -0.3 is 9.88 Å². The van der Waals surface area contributed by atoms with Crippen molar-refractivity contribution >= 4 is 16.5 Å². The molecule has 0 unspecified atom stereocenters. The first-order chi connectivity index (χ1) is 8.22. The number of hydrogen-bond donors (Lipinski definition) is 1. The average molecular weight is 230 g/mol. The summed E-state index contributed by atoms with van der Waals surface area (Å²) in [6.45, 7) is 2.06. The van der Waals surface area contributed by atoms with Gasteiger partial charge in [0.1, 0.15) is 5.82 Å². The van der Waals surface area contributed by atoms with E-state index in [4.69, 9.17) is 0 Å². The van der Waals surface area contributed by atoms with Crippen LogP contribution in [-0.4, -0.2) is 30.0 Å². The Morgan fingerprint density at radius 2 is 2.18 bits per heavy atom. The molecule has 0 saturated carbocycles. The molecule has 1 aliphatic heterocycles. The Hall–Kier alpha value is -1.61. The first kappa shape index (κ1) is 10.5. The summed E-state index contributed by atoms with van der Waals surface area (Å²) in [5.41, 5.74) is 3.46. The highest BCUT2D eigenvalue weighted by atomic mass is 19.1. The van der Waals surface area contributed by atoms with Gasteiger partial charge in [-0.15, -0.1) is 0 Å². The Balaban J connectivity index is 2.01. The number of aromatic nitrogens is 1. The number of fused-ring (bicyclic) bond motifs is 1. The number of aromatic amines is 1. The van der Waals surface area contributed by atoms with E-state index in [9.17, 15) is 4.39 Å². The zero-order chi connectivity index (χ0) is 11.8. The first-order valence-corrected chi connectivity index (χ1v) is 5.88. The van der Waals surface area contributed by atoms with E-state index in [1.165, 1.54) is 11.6 Å². The molecular formula is C14H15FN2. The SMILES string of the molecule is CN1CC=C(c2cc3cc(F)ccc3[nH]2)CC1. The smallest absolute Gasteiger partial charge is 0.123 e. The van der Waals surface area contributed by atoms with Crippen molar-refractivity contribution in [2.45, 2.75) is 6.42 Å². The maximum absolute atomic E-state index is 13.1. The van der Waals surface area contributed by atoms with E-state index in [0.29, 0.717) is 0 Å². The van der Waals surface area contributed by atoms with Crippen LogP contribution in [0, 0.1) is 5.82 Å². The molecule has 0 spiro atoms. The van der Waals surface area contributed by atoms with E-state index >= 15 is 0 Å². The predicted molar refractivity (Wildman–Crippen MR) is 68.3 cm³/mol. The van der Waals surface area contributed by atoms with E-state index in [0.717, 1.165) is 36.1 Å². The third kappa shape index (κ3) is 1.98. The largest absolute Gasteiger partial charge is 0.355 e. The van der Waals surface area contributed by atoms with Crippen LogP contribution in [0.5, 0.6) is 0 Å². The zero-order valence-corrected chi connectivity index (χ0v) is 9.83. The van der Waals surface area contributed by atoms with Crippen molar-refractivity contribution in [3.8, 4) is 0 Å². The van der Waals surface area contributed by atoms with Crippen molar-refractivity contribution in [2.24, 2.45) is 0 Å². The molecule has 0 atom stereocenters. The third-order valence-corrected chi connectivity index (χ3v) is 3.34. The molecule has 0 amide bonds. The lowest BCUT2D eigenvalue weighted by molar-refractivity contribution is 0.370. The second-order valence-electron chi connectivity index (χ2n) is 4.66. The van der Waals surface area contributed by atoms with Crippen molar-refractivity contribution in [1.29, 1.82) is 0 Å². The van der Waals surface area contributed by atoms with Gasteiger partial charge in [0.05, 0.1) is 0 Å². The molecule has 2 heterocycles. The van der Waals surface area contributed by atoms with Crippen LogP contribution < -0.4 is 0 Å². The molecule has 0 bridgehead atoms. The highest BCUT2D eigenvalue weighted by Crippen LogP contribution is 2.25. The Bertz CT molecular complexity index is 583. The summed E-state index contributed by atoms with van der Waals surface area (Å²) in [5.74, 6) is -0.180. The van der Waals surface area contributed by atoms with Crippen molar-refractivity contribution in [2.75, 3.05) is 20.1 Å². The van der Waals surface area contributed by atoms with Crippen LogP contribution >= 0.6 is 0 Å². The summed E-state index contributed by atoms with van der Waals surface area (Å²) in [4.78, 5) is 5.64. The summed E-state index contributed by atoms with van der Waals surface area (Å²) in [6, 6.07) is 6.90. The molecule has 3 rings (SSSR count). The lowest BCUT2D eigenvalue weighted by Gasteiger charge is -2.21. The standard InChI is InChI=1S/C14H15FN2/c1-17-6-4-10(5-7-17)14-9-11-8-12(15)2-3-13(11)16-14/h2-4,8-9,16H,5-7H2,1H3. The van der Waals surface area contributed by atoms with Gasteiger partial charge >= 0.3 is 0 Å². The average Bonchev–Trinajstić information content (AvgIpc) is 2.72. The van der Waals surface area contributed by atoms with Crippen LogP contribution in [0.3, 0.4) is 0 Å². The highest BCUT2D eigenvalue weighted by Gasteiger charge is 2.11. The Morgan fingerprint density at radius 1 is 1.29 bits per heavy atom. The number of halogens is 1. The maximum Gasteiger partial charge on any atom is 0.123 e. The van der Waals surface area contributed by atoms with E-state index in [1.54, 1.807) is 12.1 Å². The summed E-state index contributed by atoms with van der Waals surface area (Å²) < 4.78 is 13.1. The van der Waals surface area contributed by atoms with E-state index in [2.05, 4.69) is 23.0 Å². The second kappa shape index (κ2) is 4.00. The molecule has 0 saturated heterocycles. The molecule has 2 nitrogen and oxygen atoms in total. The molecule has 1 aromatic heterocycles. The molecule has 0 radical (unpaired) electrons. The van der Waals surface area contributed by atoms with Gasteiger partial charge in [-0.25, -0.2) is 4.39 Å². The van der Waals surface area contributed by atoms with Gasteiger partial charge in [-0.2, -0.15) is 0 Å². The van der Waals surface area contributed by atoms with Gasteiger partial charge in [-0.05, 0) is 43.3 Å². The number of likely N-dealkylation sites (N-methyl/N-ethyl adjacent to an activating group) is 1. The van der Waals surface area contributed by atoms with Crippen LogP contribution in [0.2, 0.25) is 0 Å². The van der Waals surface area contributed by atoms with Crippen LogP contribution in [0.4, 0.5) is 4.39 Å². The molecule has 0 fully saturated rings. The van der Waals surface area contributed by atoms with Crippen molar-refractivity contribution in [3.63, 3.8) is 0 Å². The summed E-state index contributed by atoms with van der Waals surface area (Å²) in [5, 5.41) is 0.944. The molecular weight excluding hydrogens is 215 g/mol. The molecule has 1 N–H and O–H groups in total. The highest BCUT2D eigenvalue weighted by molar-refractivity contribution is 5.84. The monoisotopic (exact) mass is 230 g/mol. The first-order valence-electron chi connectivity index (χ1n) is 5.88. The van der Waals surface area contributed by atoms with Gasteiger partial charge in [0, 0.05) is 29.7 Å². The summed E-state index contributed by atoms with van der Waals surface area (Å²) >= 11 is 0. The number of hydrogen-bond acceptors (Lipinski definition) is 1. The predicted octanol–water partition coefficient (Wildman–Crippen LogP) is 3.03. The van der Waals surface area contributed by atoms with Gasteiger partial charge in [0.2, 0.25) is 0 Å². The fourth-order valence-corrected chi connectivity index (χ4v) is 2.29. The Labute approximate surface area is 99.7 Å².